The van der Waals surface area contributed by atoms with E-state index in [0.717, 1.165) is 6.54 Å². The molecule has 2 nitrogen and oxygen atoms in total. The number of anilines is 1. The highest BCUT2D eigenvalue weighted by atomic mass is 16.3. The van der Waals surface area contributed by atoms with Gasteiger partial charge in [0.1, 0.15) is 0 Å². The molecule has 17 heavy (non-hydrogen) atoms. The first-order valence-electron chi connectivity index (χ1n) is 6.20. The molecule has 0 amide bonds. The predicted octanol–water partition coefficient (Wildman–Crippen LogP) is 3.41. The number of para-hydroxylation sites is 1. The van der Waals surface area contributed by atoms with Crippen molar-refractivity contribution in [1.82, 2.24) is 0 Å². The van der Waals surface area contributed by atoms with Gasteiger partial charge in [-0.1, -0.05) is 52.8 Å². The van der Waals surface area contributed by atoms with Crippen LogP contribution in [0.1, 0.15) is 40.2 Å². The topological polar surface area (TPSA) is 32.3 Å². The van der Waals surface area contributed by atoms with Crippen molar-refractivity contribution in [1.29, 1.82) is 0 Å². The molecule has 0 saturated heterocycles. The van der Waals surface area contributed by atoms with Crippen LogP contribution < -0.4 is 5.32 Å². The Hall–Kier alpha value is -1.02. The van der Waals surface area contributed by atoms with Crippen molar-refractivity contribution in [2.24, 2.45) is 5.41 Å². The number of aliphatic hydroxyl groups excluding tert-OH is 1. The second-order valence-electron chi connectivity index (χ2n) is 6.47. The minimum absolute atomic E-state index is 0.0923. The maximum Gasteiger partial charge on any atom is 0.0498 e. The normalized spacial score (nSPS) is 12.6. The van der Waals surface area contributed by atoms with Crippen molar-refractivity contribution >= 4 is 5.69 Å². The van der Waals surface area contributed by atoms with Gasteiger partial charge >= 0.3 is 0 Å². The molecule has 96 valence electrons. The number of benzene rings is 1. The van der Waals surface area contributed by atoms with Gasteiger partial charge in [0.05, 0.1) is 0 Å². The van der Waals surface area contributed by atoms with E-state index in [0.29, 0.717) is 0 Å². The summed E-state index contributed by atoms with van der Waals surface area (Å²) < 4.78 is 0. The highest BCUT2D eigenvalue weighted by Gasteiger charge is 2.20. The smallest absolute Gasteiger partial charge is 0.0498 e. The van der Waals surface area contributed by atoms with Gasteiger partial charge in [-0.3, -0.25) is 0 Å². The Morgan fingerprint density at radius 3 is 2.18 bits per heavy atom. The molecule has 0 radical (unpaired) electrons. The molecule has 2 heteroatoms. The molecule has 0 spiro atoms. The van der Waals surface area contributed by atoms with Crippen LogP contribution in [0.15, 0.2) is 24.3 Å². The van der Waals surface area contributed by atoms with Gasteiger partial charge < -0.3 is 10.4 Å². The van der Waals surface area contributed by atoms with Gasteiger partial charge in [-0.05, 0) is 17.0 Å². The second kappa shape index (κ2) is 5.09. The van der Waals surface area contributed by atoms with Crippen LogP contribution in [0, 0.1) is 5.41 Å². The lowest BCUT2D eigenvalue weighted by Gasteiger charge is -2.27. The standard InChI is InChI=1S/C15H25NO/c1-14(2,3)12-8-6-7-9-13(12)16-10-15(4,5)11-17/h6-9,16-17H,10-11H2,1-5H3. The lowest BCUT2D eigenvalue weighted by molar-refractivity contribution is 0.171. The van der Waals surface area contributed by atoms with Crippen molar-refractivity contribution in [2.45, 2.75) is 40.0 Å². The molecule has 0 saturated carbocycles. The van der Waals surface area contributed by atoms with E-state index in [1.165, 1.54) is 11.3 Å². The van der Waals surface area contributed by atoms with Crippen molar-refractivity contribution in [3.8, 4) is 0 Å². The molecular formula is C15H25NO. The Balaban J connectivity index is 2.85. The molecule has 2 N–H and O–H groups in total. The van der Waals surface area contributed by atoms with Gasteiger partial charge in [0.25, 0.3) is 0 Å². The van der Waals surface area contributed by atoms with Gasteiger partial charge in [-0.2, -0.15) is 0 Å². The van der Waals surface area contributed by atoms with Gasteiger partial charge in [-0.25, -0.2) is 0 Å². The first-order chi connectivity index (χ1) is 7.76. The SMILES string of the molecule is CC(C)(CO)CNc1ccccc1C(C)(C)C. The molecule has 0 aromatic heterocycles. The third-order valence-electron chi connectivity index (χ3n) is 2.92. The molecular weight excluding hydrogens is 210 g/mol. The maximum absolute atomic E-state index is 9.26. The molecule has 1 aromatic carbocycles. The van der Waals surface area contributed by atoms with E-state index >= 15 is 0 Å². The largest absolute Gasteiger partial charge is 0.396 e. The van der Waals surface area contributed by atoms with Gasteiger partial charge in [0.2, 0.25) is 0 Å². The minimum atomic E-state index is -0.0923. The van der Waals surface area contributed by atoms with Crippen LogP contribution in [0.3, 0.4) is 0 Å². The third kappa shape index (κ3) is 4.04. The summed E-state index contributed by atoms with van der Waals surface area (Å²) in [5, 5.41) is 12.7. The summed E-state index contributed by atoms with van der Waals surface area (Å²) >= 11 is 0. The summed E-state index contributed by atoms with van der Waals surface area (Å²) in [7, 11) is 0. The van der Waals surface area contributed by atoms with Crippen molar-refractivity contribution in [3.63, 3.8) is 0 Å². The highest BCUT2D eigenvalue weighted by Crippen LogP contribution is 2.29. The van der Waals surface area contributed by atoms with Crippen LogP contribution in [0.5, 0.6) is 0 Å². The Labute approximate surface area is 105 Å². The summed E-state index contributed by atoms with van der Waals surface area (Å²) in [6.07, 6.45) is 0. The zero-order valence-corrected chi connectivity index (χ0v) is 11.7. The fourth-order valence-corrected chi connectivity index (χ4v) is 1.68. The van der Waals surface area contributed by atoms with Crippen LogP contribution in [0.25, 0.3) is 0 Å². The van der Waals surface area contributed by atoms with Gasteiger partial charge in [-0.15, -0.1) is 0 Å². The van der Waals surface area contributed by atoms with E-state index in [1.807, 2.05) is 6.07 Å². The van der Waals surface area contributed by atoms with Crippen LogP contribution in [0.2, 0.25) is 0 Å². The van der Waals surface area contributed by atoms with E-state index in [4.69, 9.17) is 0 Å². The number of aliphatic hydroxyl groups is 1. The minimum Gasteiger partial charge on any atom is -0.396 e. The Kier molecular flexibility index (Phi) is 4.21. The Morgan fingerprint density at radius 2 is 1.65 bits per heavy atom. The first-order valence-corrected chi connectivity index (χ1v) is 6.20. The fraction of sp³-hybridized carbons (Fsp3) is 0.600. The molecule has 0 aliphatic rings. The summed E-state index contributed by atoms with van der Waals surface area (Å²) in [5.41, 5.74) is 2.52. The lowest BCUT2D eigenvalue weighted by atomic mass is 9.85. The summed E-state index contributed by atoms with van der Waals surface area (Å²) in [6.45, 7) is 11.7. The van der Waals surface area contributed by atoms with Crippen LogP contribution >= 0.6 is 0 Å². The zero-order valence-electron chi connectivity index (χ0n) is 11.7. The highest BCUT2D eigenvalue weighted by molar-refractivity contribution is 5.54. The van der Waals surface area contributed by atoms with Crippen LogP contribution in [-0.4, -0.2) is 18.3 Å². The summed E-state index contributed by atoms with van der Waals surface area (Å²) in [4.78, 5) is 0. The molecule has 0 heterocycles. The van der Waals surface area contributed by atoms with E-state index in [2.05, 4.69) is 58.1 Å². The maximum atomic E-state index is 9.26. The van der Waals surface area contributed by atoms with E-state index in [9.17, 15) is 5.11 Å². The number of rotatable bonds is 4. The van der Waals surface area contributed by atoms with E-state index in [1.54, 1.807) is 0 Å². The molecule has 0 atom stereocenters. The fourth-order valence-electron chi connectivity index (χ4n) is 1.68. The summed E-state index contributed by atoms with van der Waals surface area (Å²) in [6, 6.07) is 8.38. The monoisotopic (exact) mass is 235 g/mol. The number of nitrogens with one attached hydrogen (secondary N) is 1. The average Bonchev–Trinajstić information content (AvgIpc) is 2.26. The number of hydrogen-bond donors (Lipinski definition) is 2. The van der Waals surface area contributed by atoms with Crippen molar-refractivity contribution < 1.29 is 5.11 Å². The Bertz CT molecular complexity index is 363. The van der Waals surface area contributed by atoms with Crippen LogP contribution in [0.4, 0.5) is 5.69 Å². The average molecular weight is 235 g/mol. The van der Waals surface area contributed by atoms with Crippen LogP contribution in [-0.2, 0) is 5.41 Å². The molecule has 0 aliphatic carbocycles. The quantitative estimate of drug-likeness (QED) is 0.838. The van der Waals surface area contributed by atoms with E-state index in [-0.39, 0.29) is 17.4 Å². The Morgan fingerprint density at radius 1 is 1.06 bits per heavy atom. The van der Waals surface area contributed by atoms with Gasteiger partial charge in [0, 0.05) is 24.3 Å². The third-order valence-corrected chi connectivity index (χ3v) is 2.92. The molecule has 0 aliphatic heterocycles. The molecule has 0 unspecified atom stereocenters. The lowest BCUT2D eigenvalue weighted by Crippen LogP contribution is -2.27. The molecule has 0 fully saturated rings. The van der Waals surface area contributed by atoms with E-state index < -0.39 is 0 Å². The summed E-state index contributed by atoms with van der Waals surface area (Å²) in [5.74, 6) is 0. The van der Waals surface area contributed by atoms with Crippen molar-refractivity contribution in [2.75, 3.05) is 18.5 Å². The zero-order chi connectivity index (χ0) is 13.1. The van der Waals surface area contributed by atoms with Gasteiger partial charge in [0.15, 0.2) is 0 Å². The number of hydrogen-bond acceptors (Lipinski definition) is 2. The molecule has 1 rings (SSSR count). The molecule has 0 bridgehead atoms. The second-order valence-corrected chi connectivity index (χ2v) is 6.47. The van der Waals surface area contributed by atoms with Crippen molar-refractivity contribution in [3.05, 3.63) is 29.8 Å². The predicted molar refractivity (Wildman–Crippen MR) is 74.5 cm³/mol. The molecule has 1 aromatic rings. The first kappa shape index (κ1) is 14.0.